The lowest BCUT2D eigenvalue weighted by Gasteiger charge is -2.32. The van der Waals surface area contributed by atoms with Crippen molar-refractivity contribution >= 4 is 39.6 Å². The molecule has 1 heterocycles. The number of hydrogen-bond donors (Lipinski definition) is 1. The minimum Gasteiger partial charge on any atom is -0.480 e. The van der Waals surface area contributed by atoms with Gasteiger partial charge in [0.1, 0.15) is 6.04 Å². The number of likely N-dealkylation sites (tertiary alicyclic amines) is 1. The van der Waals surface area contributed by atoms with Crippen LogP contribution < -0.4 is 0 Å². The normalized spacial score (nSPS) is 18.9. The number of benzene rings is 1. The molecule has 0 unspecified atom stereocenters. The van der Waals surface area contributed by atoms with E-state index in [1.54, 1.807) is 0 Å². The molecule has 0 spiro atoms. The smallest absolute Gasteiger partial charge is 0.326 e. The highest BCUT2D eigenvalue weighted by Crippen LogP contribution is 2.23. The largest absolute Gasteiger partial charge is 0.480 e. The number of hydrogen-bond acceptors (Lipinski definition) is 3. The number of rotatable bonds is 4. The monoisotopic (exact) mass is 357 g/mol. The Kier molecular flexibility index (Phi) is 5.48. The molecule has 108 valence electrons. The number of carbonyl (C=O) groups excluding carboxylic acids is 1. The number of nitrogens with zero attached hydrogens (tertiary/aromatic N) is 1. The van der Waals surface area contributed by atoms with E-state index >= 15 is 0 Å². The van der Waals surface area contributed by atoms with Gasteiger partial charge in [0, 0.05) is 15.9 Å². The van der Waals surface area contributed by atoms with Crippen LogP contribution in [0.15, 0.2) is 33.6 Å². The van der Waals surface area contributed by atoms with Crippen molar-refractivity contribution in [3.63, 3.8) is 0 Å². The van der Waals surface area contributed by atoms with Gasteiger partial charge < -0.3 is 10.0 Å². The van der Waals surface area contributed by atoms with Crippen LogP contribution in [-0.2, 0) is 9.59 Å². The van der Waals surface area contributed by atoms with E-state index in [2.05, 4.69) is 15.9 Å². The van der Waals surface area contributed by atoms with Gasteiger partial charge in [-0.25, -0.2) is 4.79 Å². The molecule has 1 amide bonds. The van der Waals surface area contributed by atoms with Crippen molar-refractivity contribution in [2.45, 2.75) is 30.2 Å². The molecule has 0 radical (unpaired) electrons. The first-order valence-corrected chi connectivity index (χ1v) is 8.26. The van der Waals surface area contributed by atoms with Gasteiger partial charge >= 0.3 is 5.97 Å². The summed E-state index contributed by atoms with van der Waals surface area (Å²) >= 11 is 4.80. The highest BCUT2D eigenvalue weighted by Gasteiger charge is 2.31. The molecule has 20 heavy (non-hydrogen) atoms. The number of carboxylic acids is 1. The molecule has 1 aromatic rings. The van der Waals surface area contributed by atoms with E-state index in [0.717, 1.165) is 22.2 Å². The van der Waals surface area contributed by atoms with E-state index in [-0.39, 0.29) is 11.7 Å². The molecule has 0 aliphatic carbocycles. The fourth-order valence-electron chi connectivity index (χ4n) is 2.25. The van der Waals surface area contributed by atoms with Gasteiger partial charge in [0.25, 0.3) is 0 Å². The Labute approximate surface area is 130 Å². The highest BCUT2D eigenvalue weighted by molar-refractivity contribution is 9.10. The number of carbonyl (C=O) groups is 2. The molecular formula is C14H16BrNO3S. The van der Waals surface area contributed by atoms with E-state index in [9.17, 15) is 9.59 Å². The second-order valence-electron chi connectivity index (χ2n) is 4.68. The molecule has 1 aliphatic rings. The van der Waals surface area contributed by atoms with Crippen LogP contribution in [0.25, 0.3) is 0 Å². The maximum atomic E-state index is 12.2. The van der Waals surface area contributed by atoms with Gasteiger partial charge in [-0.3, -0.25) is 4.79 Å². The maximum Gasteiger partial charge on any atom is 0.326 e. The third-order valence-corrected chi connectivity index (χ3v) is 4.81. The van der Waals surface area contributed by atoms with Gasteiger partial charge in [0.05, 0.1) is 5.75 Å². The van der Waals surface area contributed by atoms with Crippen molar-refractivity contribution in [1.82, 2.24) is 4.90 Å². The zero-order valence-electron chi connectivity index (χ0n) is 10.9. The minimum atomic E-state index is -0.897. The molecule has 1 aromatic carbocycles. The van der Waals surface area contributed by atoms with Crippen LogP contribution in [0.3, 0.4) is 0 Å². The van der Waals surface area contributed by atoms with Crippen LogP contribution >= 0.6 is 27.7 Å². The van der Waals surface area contributed by atoms with Crippen LogP contribution in [0, 0.1) is 0 Å². The number of piperidine rings is 1. The first-order valence-electron chi connectivity index (χ1n) is 6.48. The SMILES string of the molecule is O=C(O)[C@H]1CCCCN1C(=O)CSc1ccc(Br)cc1. The van der Waals surface area contributed by atoms with E-state index in [4.69, 9.17) is 5.11 Å². The lowest BCUT2D eigenvalue weighted by molar-refractivity contribution is -0.150. The van der Waals surface area contributed by atoms with E-state index in [1.807, 2.05) is 24.3 Å². The number of aliphatic carboxylic acids is 1. The van der Waals surface area contributed by atoms with Crippen LogP contribution in [0.1, 0.15) is 19.3 Å². The molecule has 1 saturated heterocycles. The highest BCUT2D eigenvalue weighted by atomic mass is 79.9. The summed E-state index contributed by atoms with van der Waals surface area (Å²) in [5.41, 5.74) is 0. The van der Waals surface area contributed by atoms with Crippen molar-refractivity contribution in [3.05, 3.63) is 28.7 Å². The van der Waals surface area contributed by atoms with Crippen molar-refractivity contribution in [3.8, 4) is 0 Å². The Morgan fingerprint density at radius 3 is 2.65 bits per heavy atom. The molecule has 0 aromatic heterocycles. The summed E-state index contributed by atoms with van der Waals surface area (Å²) in [6.07, 6.45) is 2.32. The fourth-order valence-corrected chi connectivity index (χ4v) is 3.29. The number of halogens is 1. The molecular weight excluding hydrogens is 342 g/mol. The number of amides is 1. The topological polar surface area (TPSA) is 57.6 Å². The minimum absolute atomic E-state index is 0.0926. The van der Waals surface area contributed by atoms with Crippen LogP contribution in [0.4, 0.5) is 0 Å². The lowest BCUT2D eigenvalue weighted by Crippen LogP contribution is -2.48. The molecule has 0 saturated carbocycles. The van der Waals surface area contributed by atoms with Gasteiger partial charge in [-0.1, -0.05) is 15.9 Å². The molecule has 6 heteroatoms. The van der Waals surface area contributed by atoms with Crippen molar-refractivity contribution in [2.24, 2.45) is 0 Å². The summed E-state index contributed by atoms with van der Waals surface area (Å²) in [4.78, 5) is 25.9. The number of carboxylic acid groups (broad SMARTS) is 1. The first-order chi connectivity index (χ1) is 9.58. The third-order valence-electron chi connectivity index (χ3n) is 3.28. The zero-order chi connectivity index (χ0) is 14.5. The van der Waals surface area contributed by atoms with Crippen LogP contribution in [0.2, 0.25) is 0 Å². The molecule has 0 bridgehead atoms. The Morgan fingerprint density at radius 1 is 1.30 bits per heavy atom. The van der Waals surface area contributed by atoms with Gasteiger partial charge in [0.15, 0.2) is 0 Å². The standard InChI is InChI=1S/C14H16BrNO3S/c15-10-4-6-11(7-5-10)20-9-13(17)16-8-2-1-3-12(16)14(18)19/h4-7,12H,1-3,8-9H2,(H,18,19)/t12-/m1/s1. The summed E-state index contributed by atoms with van der Waals surface area (Å²) < 4.78 is 0.996. The molecule has 1 fully saturated rings. The Morgan fingerprint density at radius 2 is 2.00 bits per heavy atom. The Balaban J connectivity index is 1.93. The van der Waals surface area contributed by atoms with Crippen molar-refractivity contribution in [2.75, 3.05) is 12.3 Å². The average molecular weight is 358 g/mol. The predicted octanol–water partition coefficient (Wildman–Crippen LogP) is 3.01. The quantitative estimate of drug-likeness (QED) is 0.841. The van der Waals surface area contributed by atoms with Crippen LogP contribution in [-0.4, -0.2) is 40.2 Å². The van der Waals surface area contributed by atoms with Gasteiger partial charge in [-0.15, -0.1) is 11.8 Å². The third kappa shape index (κ3) is 3.99. The van der Waals surface area contributed by atoms with Gasteiger partial charge in [-0.2, -0.15) is 0 Å². The predicted molar refractivity (Wildman–Crippen MR) is 81.9 cm³/mol. The number of thioether (sulfide) groups is 1. The second kappa shape index (κ2) is 7.13. The summed E-state index contributed by atoms with van der Waals surface area (Å²) in [6, 6.07) is 7.07. The molecule has 4 nitrogen and oxygen atoms in total. The fraction of sp³-hybridized carbons (Fsp3) is 0.429. The maximum absolute atomic E-state index is 12.2. The van der Waals surface area contributed by atoms with Crippen molar-refractivity contribution in [1.29, 1.82) is 0 Å². The van der Waals surface area contributed by atoms with E-state index < -0.39 is 12.0 Å². The zero-order valence-corrected chi connectivity index (χ0v) is 13.3. The summed E-state index contributed by atoms with van der Waals surface area (Å²) in [5.74, 6) is -0.706. The molecule has 2 rings (SSSR count). The Hall–Kier alpha value is -1.01. The van der Waals surface area contributed by atoms with Crippen molar-refractivity contribution < 1.29 is 14.7 Å². The van der Waals surface area contributed by atoms with E-state index in [1.165, 1.54) is 16.7 Å². The van der Waals surface area contributed by atoms with Crippen LogP contribution in [0.5, 0.6) is 0 Å². The molecule has 1 N–H and O–H groups in total. The average Bonchev–Trinajstić information content (AvgIpc) is 2.46. The summed E-state index contributed by atoms with van der Waals surface area (Å²) in [6.45, 7) is 0.552. The first kappa shape index (κ1) is 15.4. The van der Waals surface area contributed by atoms with Gasteiger partial charge in [0.2, 0.25) is 5.91 Å². The molecule has 1 aliphatic heterocycles. The second-order valence-corrected chi connectivity index (χ2v) is 6.64. The summed E-state index contributed by atoms with van der Waals surface area (Å²) in [7, 11) is 0. The van der Waals surface area contributed by atoms with Gasteiger partial charge in [-0.05, 0) is 43.5 Å². The summed E-state index contributed by atoms with van der Waals surface area (Å²) in [5, 5.41) is 9.17. The Bertz CT molecular complexity index is 492. The lowest BCUT2D eigenvalue weighted by atomic mass is 10.0. The van der Waals surface area contributed by atoms with E-state index in [0.29, 0.717) is 13.0 Å². The molecule has 1 atom stereocenters.